The maximum Gasteiger partial charge on any atom is 0.244 e. The average molecular weight is 559 g/mol. The van der Waals surface area contributed by atoms with Gasteiger partial charge in [-0.05, 0) is 48.9 Å². The number of amides is 1. The van der Waals surface area contributed by atoms with Gasteiger partial charge >= 0.3 is 0 Å². The quantitative estimate of drug-likeness (QED) is 0.277. The van der Waals surface area contributed by atoms with E-state index in [1.54, 1.807) is 25.3 Å². The van der Waals surface area contributed by atoms with Crippen LogP contribution in [0.2, 0.25) is 10.0 Å². The number of carbonyl (C=O) groups is 1. The first-order valence-corrected chi connectivity index (χ1v) is 13.6. The van der Waals surface area contributed by atoms with Gasteiger partial charge in [0.25, 0.3) is 0 Å². The van der Waals surface area contributed by atoms with Gasteiger partial charge in [0, 0.05) is 50.6 Å². The normalized spacial score (nSPS) is 11.7. The van der Waals surface area contributed by atoms with Crippen LogP contribution < -0.4 is 5.32 Å². The van der Waals surface area contributed by atoms with Crippen molar-refractivity contribution in [2.45, 2.75) is 23.0 Å². The number of nitrogens with zero attached hydrogens (tertiary/aromatic N) is 4. The molecule has 0 fully saturated rings. The second-order valence-corrected chi connectivity index (χ2v) is 11.5. The number of thioether (sulfide) groups is 1. The van der Waals surface area contributed by atoms with Crippen molar-refractivity contribution in [1.82, 2.24) is 19.1 Å². The van der Waals surface area contributed by atoms with E-state index in [2.05, 4.69) is 15.5 Å². The van der Waals surface area contributed by atoms with Crippen LogP contribution in [0.1, 0.15) is 6.42 Å². The van der Waals surface area contributed by atoms with Crippen LogP contribution in [0.3, 0.4) is 0 Å². The standard InChI is InChI=1S/C22H25Cl2N5O4S2/c1-28(2)35(31,32)19-13-17(9-10-18(19)24)25-20(30)14-34-22-27-26-21(29(22)11-4-12-33-3)15-5-7-16(23)8-6-15/h5-10,13H,4,11-12,14H2,1-3H3,(H,25,30). The summed E-state index contributed by atoms with van der Waals surface area (Å²) in [6.07, 6.45) is 0.739. The number of aromatic nitrogens is 3. The Kier molecular flexibility index (Phi) is 9.56. The summed E-state index contributed by atoms with van der Waals surface area (Å²) < 4.78 is 33.1. The zero-order valence-electron chi connectivity index (χ0n) is 19.4. The van der Waals surface area contributed by atoms with Gasteiger partial charge in [-0.25, -0.2) is 12.7 Å². The molecule has 3 aromatic rings. The molecule has 188 valence electrons. The molecule has 3 rings (SSSR count). The molecule has 0 spiro atoms. The summed E-state index contributed by atoms with van der Waals surface area (Å²) >= 11 is 13.3. The summed E-state index contributed by atoms with van der Waals surface area (Å²) in [5, 5.41) is 12.6. The molecule has 0 aliphatic rings. The molecule has 0 saturated heterocycles. The van der Waals surface area contributed by atoms with Crippen LogP contribution >= 0.6 is 35.0 Å². The van der Waals surface area contributed by atoms with Gasteiger partial charge < -0.3 is 14.6 Å². The summed E-state index contributed by atoms with van der Waals surface area (Å²) in [5.74, 6) is 0.378. The average Bonchev–Trinajstić information content (AvgIpc) is 3.22. The van der Waals surface area contributed by atoms with E-state index in [1.807, 2.05) is 16.7 Å². The molecule has 0 saturated carbocycles. The first-order valence-electron chi connectivity index (χ1n) is 10.5. The molecule has 2 aromatic carbocycles. The molecule has 1 heterocycles. The fraction of sp³-hybridized carbons (Fsp3) is 0.318. The Balaban J connectivity index is 1.74. The molecular weight excluding hydrogens is 533 g/mol. The SMILES string of the molecule is COCCCn1c(SCC(=O)Nc2ccc(Cl)c(S(=O)(=O)N(C)C)c2)nnc1-c1ccc(Cl)cc1. The number of methoxy groups -OCH3 is 1. The number of rotatable bonds is 11. The zero-order valence-corrected chi connectivity index (χ0v) is 22.5. The highest BCUT2D eigenvalue weighted by atomic mass is 35.5. The second kappa shape index (κ2) is 12.2. The van der Waals surface area contributed by atoms with E-state index in [0.717, 1.165) is 16.3 Å². The summed E-state index contributed by atoms with van der Waals surface area (Å²) in [6.45, 7) is 1.17. The van der Waals surface area contributed by atoms with Gasteiger partial charge in [0.1, 0.15) is 4.90 Å². The smallest absolute Gasteiger partial charge is 0.244 e. The number of hydrogen-bond donors (Lipinski definition) is 1. The molecule has 1 aromatic heterocycles. The lowest BCUT2D eigenvalue weighted by molar-refractivity contribution is -0.113. The highest BCUT2D eigenvalue weighted by Crippen LogP contribution is 2.28. The van der Waals surface area contributed by atoms with Gasteiger partial charge in [-0.3, -0.25) is 4.79 Å². The van der Waals surface area contributed by atoms with E-state index >= 15 is 0 Å². The van der Waals surface area contributed by atoms with E-state index in [0.29, 0.717) is 34.8 Å². The van der Waals surface area contributed by atoms with Crippen LogP contribution in [0.25, 0.3) is 11.4 Å². The van der Waals surface area contributed by atoms with Crippen LogP contribution in [0.5, 0.6) is 0 Å². The fourth-order valence-electron chi connectivity index (χ4n) is 3.08. The van der Waals surface area contributed by atoms with Crippen molar-refractivity contribution in [3.05, 3.63) is 52.5 Å². The fourth-order valence-corrected chi connectivity index (χ4v) is 5.36. The third kappa shape index (κ3) is 6.96. The van der Waals surface area contributed by atoms with Crippen molar-refractivity contribution in [2.24, 2.45) is 0 Å². The lowest BCUT2D eigenvalue weighted by Crippen LogP contribution is -2.23. The second-order valence-electron chi connectivity index (χ2n) is 7.58. The summed E-state index contributed by atoms with van der Waals surface area (Å²) in [7, 11) is 0.700. The number of halogens is 2. The van der Waals surface area contributed by atoms with Crippen molar-refractivity contribution in [2.75, 3.05) is 38.9 Å². The molecule has 0 aliphatic carbocycles. The van der Waals surface area contributed by atoms with Crippen molar-refractivity contribution in [1.29, 1.82) is 0 Å². The minimum Gasteiger partial charge on any atom is -0.385 e. The zero-order chi connectivity index (χ0) is 25.6. The molecule has 1 N–H and O–H groups in total. The maximum absolute atomic E-state index is 12.6. The van der Waals surface area contributed by atoms with E-state index < -0.39 is 10.0 Å². The summed E-state index contributed by atoms with van der Waals surface area (Å²) in [5.41, 5.74) is 1.18. The van der Waals surface area contributed by atoms with Gasteiger partial charge in [0.2, 0.25) is 15.9 Å². The molecule has 0 aliphatic heterocycles. The largest absolute Gasteiger partial charge is 0.385 e. The van der Waals surface area contributed by atoms with E-state index in [9.17, 15) is 13.2 Å². The number of anilines is 1. The predicted molar refractivity (Wildman–Crippen MR) is 139 cm³/mol. The number of hydrogen-bond acceptors (Lipinski definition) is 7. The topological polar surface area (TPSA) is 106 Å². The summed E-state index contributed by atoms with van der Waals surface area (Å²) in [4.78, 5) is 12.6. The van der Waals surface area contributed by atoms with Gasteiger partial charge in [-0.15, -0.1) is 10.2 Å². The number of benzene rings is 2. The monoisotopic (exact) mass is 557 g/mol. The van der Waals surface area contributed by atoms with Gasteiger partial charge in [-0.1, -0.05) is 35.0 Å². The van der Waals surface area contributed by atoms with Crippen LogP contribution in [0.15, 0.2) is 52.5 Å². The summed E-state index contributed by atoms with van der Waals surface area (Å²) in [6, 6.07) is 11.6. The highest BCUT2D eigenvalue weighted by Gasteiger charge is 2.22. The Hall–Kier alpha value is -2.15. The maximum atomic E-state index is 12.6. The van der Waals surface area contributed by atoms with Crippen LogP contribution in [-0.2, 0) is 26.1 Å². The minimum absolute atomic E-state index is 0.0431. The third-order valence-electron chi connectivity index (χ3n) is 4.86. The number of sulfonamides is 1. The Morgan fingerprint density at radius 1 is 1.14 bits per heavy atom. The first-order chi connectivity index (χ1) is 16.6. The van der Waals surface area contributed by atoms with Gasteiger partial charge in [0.05, 0.1) is 10.8 Å². The number of nitrogens with one attached hydrogen (secondary N) is 1. The molecule has 13 heteroatoms. The Morgan fingerprint density at radius 3 is 2.51 bits per heavy atom. The molecule has 0 atom stereocenters. The molecule has 1 amide bonds. The van der Waals surface area contributed by atoms with Gasteiger partial charge in [0.15, 0.2) is 11.0 Å². The highest BCUT2D eigenvalue weighted by molar-refractivity contribution is 7.99. The molecule has 0 unspecified atom stereocenters. The molecule has 0 bridgehead atoms. The molecule has 9 nitrogen and oxygen atoms in total. The molecule has 0 radical (unpaired) electrons. The van der Waals surface area contributed by atoms with Crippen LogP contribution in [0, 0.1) is 0 Å². The lowest BCUT2D eigenvalue weighted by Gasteiger charge is -2.14. The van der Waals surface area contributed by atoms with E-state index in [-0.39, 0.29) is 21.6 Å². The molecular formula is C22H25Cl2N5O4S2. The lowest BCUT2D eigenvalue weighted by atomic mass is 10.2. The number of ether oxygens (including phenoxy) is 1. The first kappa shape index (κ1) is 27.4. The Morgan fingerprint density at radius 2 is 1.86 bits per heavy atom. The Labute approximate surface area is 218 Å². The minimum atomic E-state index is -3.76. The van der Waals surface area contributed by atoms with E-state index in [4.69, 9.17) is 27.9 Å². The van der Waals surface area contributed by atoms with Crippen molar-refractivity contribution >= 4 is 56.6 Å². The predicted octanol–water partition coefficient (Wildman–Crippen LogP) is 4.27. The Bertz CT molecular complexity index is 1280. The number of carbonyl (C=O) groups excluding carboxylic acids is 1. The van der Waals surface area contributed by atoms with Crippen LogP contribution in [0.4, 0.5) is 5.69 Å². The third-order valence-corrected chi connectivity index (χ3v) is 8.37. The van der Waals surface area contributed by atoms with Crippen LogP contribution in [-0.4, -0.2) is 67.0 Å². The molecule has 35 heavy (non-hydrogen) atoms. The van der Waals surface area contributed by atoms with Crippen molar-refractivity contribution in [3.63, 3.8) is 0 Å². The van der Waals surface area contributed by atoms with Crippen molar-refractivity contribution < 1.29 is 17.9 Å². The van der Waals surface area contributed by atoms with Gasteiger partial charge in [-0.2, -0.15) is 0 Å². The van der Waals surface area contributed by atoms with Crippen molar-refractivity contribution in [3.8, 4) is 11.4 Å². The van der Waals surface area contributed by atoms with E-state index in [1.165, 1.54) is 38.0 Å².